The minimum absolute atomic E-state index is 0.151. The first-order valence-electron chi connectivity index (χ1n) is 5.78. The summed E-state index contributed by atoms with van der Waals surface area (Å²) in [5, 5.41) is 13.9. The van der Waals surface area contributed by atoms with Crippen LogP contribution in [0.5, 0.6) is 0 Å². The molecule has 0 saturated carbocycles. The first-order chi connectivity index (χ1) is 9.44. The number of non-ortho nitro benzene ring substituents is 1. The molecule has 1 aromatic carbocycles. The molecular weight excluding hydrogens is 270 g/mol. The van der Waals surface area contributed by atoms with E-state index >= 15 is 0 Å². The minimum atomic E-state index is -3.05. The first-order valence-corrected chi connectivity index (χ1v) is 5.78. The zero-order valence-electron chi connectivity index (χ0n) is 10.3. The topological polar surface area (TPSA) is 94.1 Å². The molecule has 2 aromatic rings. The molecule has 8 heteroatoms. The molecule has 6 nitrogen and oxygen atoms in total. The van der Waals surface area contributed by atoms with E-state index in [0.29, 0.717) is 11.1 Å². The van der Waals surface area contributed by atoms with Crippen molar-refractivity contribution in [3.05, 3.63) is 40.6 Å². The van der Waals surface area contributed by atoms with Crippen molar-refractivity contribution in [2.75, 3.05) is 18.4 Å². The maximum atomic E-state index is 13.1. The van der Waals surface area contributed by atoms with E-state index in [4.69, 9.17) is 5.73 Å². The van der Waals surface area contributed by atoms with Crippen molar-refractivity contribution in [3.8, 4) is 0 Å². The van der Waals surface area contributed by atoms with Crippen LogP contribution in [0, 0.1) is 10.1 Å². The second kappa shape index (κ2) is 5.33. The molecule has 3 N–H and O–H groups in total. The van der Waals surface area contributed by atoms with E-state index in [-0.39, 0.29) is 11.2 Å². The summed E-state index contributed by atoms with van der Waals surface area (Å²) in [6.07, 6.45) is 1.41. The highest BCUT2D eigenvalue weighted by Gasteiger charge is 2.26. The Kier molecular flexibility index (Phi) is 3.75. The molecule has 2 rings (SSSR count). The third-order valence-electron chi connectivity index (χ3n) is 2.78. The Hall–Kier alpha value is -2.35. The quantitative estimate of drug-likeness (QED) is 0.647. The normalized spacial score (nSPS) is 11.6. The van der Waals surface area contributed by atoms with Gasteiger partial charge in [0.2, 0.25) is 0 Å². The molecule has 0 spiro atoms. The number of rotatable bonds is 5. The fourth-order valence-corrected chi connectivity index (χ4v) is 1.76. The summed E-state index contributed by atoms with van der Waals surface area (Å²) < 4.78 is 26.3. The maximum Gasteiger partial charge on any atom is 0.295 e. The van der Waals surface area contributed by atoms with Gasteiger partial charge in [0.05, 0.1) is 18.0 Å². The van der Waals surface area contributed by atoms with Crippen LogP contribution in [0.2, 0.25) is 0 Å². The van der Waals surface area contributed by atoms with Gasteiger partial charge < -0.3 is 11.1 Å². The molecule has 0 unspecified atom stereocenters. The summed E-state index contributed by atoms with van der Waals surface area (Å²) in [6.45, 7) is -1.42. The van der Waals surface area contributed by atoms with Crippen LogP contribution in [-0.2, 0) is 0 Å². The van der Waals surface area contributed by atoms with Gasteiger partial charge in [0, 0.05) is 23.3 Å². The average Bonchev–Trinajstić information content (AvgIpc) is 2.44. The number of nitrogens with one attached hydrogen (secondary N) is 1. The molecule has 0 bridgehead atoms. The Bertz CT molecular complexity index is 648. The predicted octanol–water partition coefficient (Wildman–Crippen LogP) is 2.15. The molecule has 1 heterocycles. The predicted molar refractivity (Wildman–Crippen MR) is 70.9 cm³/mol. The lowest BCUT2D eigenvalue weighted by atomic mass is 10.1. The number of pyridine rings is 1. The number of nitrogens with zero attached hydrogens (tertiary/aromatic N) is 2. The summed E-state index contributed by atoms with van der Waals surface area (Å²) >= 11 is 0. The second-order valence-corrected chi connectivity index (χ2v) is 4.20. The molecule has 20 heavy (non-hydrogen) atoms. The van der Waals surface area contributed by atoms with Crippen molar-refractivity contribution in [1.29, 1.82) is 0 Å². The van der Waals surface area contributed by atoms with E-state index in [2.05, 4.69) is 10.3 Å². The van der Waals surface area contributed by atoms with Crippen molar-refractivity contribution in [3.63, 3.8) is 0 Å². The number of hydrogen-bond donors (Lipinski definition) is 2. The number of halogens is 2. The summed E-state index contributed by atoms with van der Waals surface area (Å²) in [5.74, 6) is -3.05. The van der Waals surface area contributed by atoms with Crippen molar-refractivity contribution in [2.24, 2.45) is 5.73 Å². The molecule has 1 aromatic heterocycles. The average molecular weight is 282 g/mol. The molecule has 106 valence electrons. The smallest absolute Gasteiger partial charge is 0.295 e. The Morgan fingerprint density at radius 2 is 2.15 bits per heavy atom. The van der Waals surface area contributed by atoms with Crippen LogP contribution in [0.15, 0.2) is 30.5 Å². The molecule has 0 aliphatic carbocycles. The molecular formula is C12H12F2N4O2. The molecule has 0 amide bonds. The van der Waals surface area contributed by atoms with Crippen LogP contribution in [0.1, 0.15) is 0 Å². The monoisotopic (exact) mass is 282 g/mol. The van der Waals surface area contributed by atoms with Crippen LogP contribution >= 0.6 is 0 Å². The summed E-state index contributed by atoms with van der Waals surface area (Å²) in [6, 6.07) is 5.78. The van der Waals surface area contributed by atoms with E-state index < -0.39 is 23.9 Å². The highest BCUT2D eigenvalue weighted by atomic mass is 19.3. The first kappa shape index (κ1) is 14.1. The van der Waals surface area contributed by atoms with Crippen LogP contribution < -0.4 is 11.1 Å². The molecule has 0 saturated heterocycles. The highest BCUT2D eigenvalue weighted by molar-refractivity contribution is 5.96. The van der Waals surface area contributed by atoms with Gasteiger partial charge in [0.1, 0.15) is 5.52 Å². The lowest BCUT2D eigenvalue weighted by Gasteiger charge is -2.16. The van der Waals surface area contributed by atoms with Crippen molar-refractivity contribution < 1.29 is 13.7 Å². The van der Waals surface area contributed by atoms with E-state index in [0.717, 1.165) is 0 Å². The minimum Gasteiger partial charge on any atom is -0.378 e. The van der Waals surface area contributed by atoms with Gasteiger partial charge in [0.15, 0.2) is 0 Å². The lowest BCUT2D eigenvalue weighted by Crippen LogP contribution is -2.35. The third-order valence-corrected chi connectivity index (χ3v) is 2.78. The number of nitro groups is 1. The summed E-state index contributed by atoms with van der Waals surface area (Å²) in [4.78, 5) is 14.3. The number of nitro benzene ring substituents is 1. The van der Waals surface area contributed by atoms with Gasteiger partial charge in [-0.2, -0.15) is 0 Å². The van der Waals surface area contributed by atoms with Crippen LogP contribution in [-0.4, -0.2) is 28.9 Å². The Morgan fingerprint density at radius 3 is 2.80 bits per heavy atom. The van der Waals surface area contributed by atoms with Crippen LogP contribution in [0.3, 0.4) is 0 Å². The second-order valence-electron chi connectivity index (χ2n) is 4.20. The van der Waals surface area contributed by atoms with E-state index in [1.165, 1.54) is 18.3 Å². The third kappa shape index (κ3) is 2.80. The van der Waals surface area contributed by atoms with Gasteiger partial charge in [-0.25, -0.2) is 13.8 Å². The summed E-state index contributed by atoms with van der Waals surface area (Å²) in [5.41, 5.74) is 5.29. The van der Waals surface area contributed by atoms with E-state index in [1.807, 2.05) is 0 Å². The summed E-state index contributed by atoms with van der Waals surface area (Å²) in [7, 11) is 0. The van der Waals surface area contributed by atoms with Gasteiger partial charge in [-0.15, -0.1) is 0 Å². The number of anilines is 1. The van der Waals surface area contributed by atoms with Crippen molar-refractivity contribution in [2.45, 2.75) is 5.92 Å². The standard InChI is InChI=1S/C12H12F2N4O2/c13-12(14,6-15)7-17-9-3-4-10(18(19)20)11-8(9)2-1-5-16-11/h1-5,17H,6-7,15H2. The fraction of sp³-hybridized carbons (Fsp3) is 0.250. The van der Waals surface area contributed by atoms with Crippen molar-refractivity contribution in [1.82, 2.24) is 4.98 Å². The molecule has 0 aliphatic rings. The van der Waals surface area contributed by atoms with Gasteiger partial charge in [-0.1, -0.05) is 0 Å². The zero-order chi connectivity index (χ0) is 14.8. The number of aromatic nitrogens is 1. The molecule has 0 atom stereocenters. The zero-order valence-corrected chi connectivity index (χ0v) is 10.3. The number of hydrogen-bond acceptors (Lipinski definition) is 5. The van der Waals surface area contributed by atoms with Crippen LogP contribution in [0.4, 0.5) is 20.2 Å². The number of alkyl halides is 2. The largest absolute Gasteiger partial charge is 0.378 e. The maximum absolute atomic E-state index is 13.1. The Balaban J connectivity index is 2.41. The van der Waals surface area contributed by atoms with Crippen LogP contribution in [0.25, 0.3) is 10.9 Å². The number of nitrogens with two attached hydrogens (primary N) is 1. The lowest BCUT2D eigenvalue weighted by molar-refractivity contribution is -0.383. The van der Waals surface area contributed by atoms with Gasteiger partial charge in [-0.05, 0) is 18.2 Å². The molecule has 0 fully saturated rings. The Labute approximate surface area is 112 Å². The molecule has 0 radical (unpaired) electrons. The Morgan fingerprint density at radius 1 is 1.40 bits per heavy atom. The fourth-order valence-electron chi connectivity index (χ4n) is 1.76. The van der Waals surface area contributed by atoms with Gasteiger partial charge in [-0.3, -0.25) is 10.1 Å². The molecule has 0 aliphatic heterocycles. The van der Waals surface area contributed by atoms with E-state index in [9.17, 15) is 18.9 Å². The number of benzene rings is 1. The van der Waals surface area contributed by atoms with Gasteiger partial charge in [0.25, 0.3) is 11.6 Å². The number of fused-ring (bicyclic) bond motifs is 1. The van der Waals surface area contributed by atoms with Crippen molar-refractivity contribution >= 4 is 22.3 Å². The SMILES string of the molecule is NCC(F)(F)CNc1ccc([N+](=O)[O-])c2ncccc12. The highest BCUT2D eigenvalue weighted by Crippen LogP contribution is 2.30. The van der Waals surface area contributed by atoms with Gasteiger partial charge >= 0.3 is 0 Å². The van der Waals surface area contributed by atoms with E-state index in [1.54, 1.807) is 12.1 Å².